The molecule has 0 bridgehead atoms. The smallest absolute Gasteiger partial charge is 0.308 e. The Balaban J connectivity index is 2.32. The fraction of sp³-hybridized carbons (Fsp3) is 0.429. The summed E-state index contributed by atoms with van der Waals surface area (Å²) in [4.78, 5) is 22.5. The second-order valence-electron chi connectivity index (χ2n) is 4.61. The molecule has 20 heavy (non-hydrogen) atoms. The molecule has 0 fully saturated rings. The van der Waals surface area contributed by atoms with E-state index in [0.717, 1.165) is 5.56 Å². The predicted molar refractivity (Wildman–Crippen MR) is 82.0 cm³/mol. The van der Waals surface area contributed by atoms with Crippen molar-refractivity contribution in [3.63, 3.8) is 0 Å². The largest absolute Gasteiger partial charge is 0.481 e. The minimum atomic E-state index is -0.913. The van der Waals surface area contributed by atoms with Gasteiger partial charge in [0, 0.05) is 16.8 Å². The Kier molecular flexibility index (Phi) is 6.88. The number of nitrogens with one attached hydrogen (secondary N) is 1. The van der Waals surface area contributed by atoms with Gasteiger partial charge in [0.1, 0.15) is 0 Å². The summed E-state index contributed by atoms with van der Waals surface area (Å²) in [5, 5.41) is 12.2. The highest BCUT2D eigenvalue weighted by atomic mass is 35.5. The normalized spacial score (nSPS) is 13.6. The van der Waals surface area contributed by atoms with Gasteiger partial charge in [-0.25, -0.2) is 0 Å². The van der Waals surface area contributed by atoms with Crippen molar-refractivity contribution in [3.05, 3.63) is 34.9 Å². The van der Waals surface area contributed by atoms with Crippen molar-refractivity contribution < 1.29 is 14.7 Å². The van der Waals surface area contributed by atoms with Crippen molar-refractivity contribution in [2.75, 3.05) is 5.75 Å². The molecule has 2 N–H and O–H groups in total. The molecule has 1 amide bonds. The Morgan fingerprint density at radius 1 is 1.40 bits per heavy atom. The number of carboxylic acids is 1. The summed E-state index contributed by atoms with van der Waals surface area (Å²) in [5.74, 6) is -0.682. The molecule has 0 heterocycles. The Bertz CT molecular complexity index is 481. The highest BCUT2D eigenvalue weighted by Gasteiger charge is 2.20. The van der Waals surface area contributed by atoms with Crippen molar-refractivity contribution in [2.24, 2.45) is 5.92 Å². The molecule has 1 rings (SSSR count). The Hall–Kier alpha value is -1.20. The number of rotatable bonds is 7. The summed E-state index contributed by atoms with van der Waals surface area (Å²) in [6.45, 7) is 3.27. The van der Waals surface area contributed by atoms with E-state index in [4.69, 9.17) is 16.7 Å². The average Bonchev–Trinajstić information content (AvgIpc) is 2.37. The third-order valence-corrected chi connectivity index (χ3v) is 4.16. The van der Waals surface area contributed by atoms with Crippen molar-refractivity contribution in [2.45, 2.75) is 25.6 Å². The van der Waals surface area contributed by atoms with Crippen LogP contribution in [0.2, 0.25) is 5.02 Å². The van der Waals surface area contributed by atoms with Crippen LogP contribution >= 0.6 is 23.4 Å². The first-order valence-corrected chi connectivity index (χ1v) is 7.77. The van der Waals surface area contributed by atoms with Gasteiger partial charge in [-0.3, -0.25) is 9.59 Å². The molecular weight excluding hydrogens is 298 g/mol. The molecule has 4 nitrogen and oxygen atoms in total. The van der Waals surface area contributed by atoms with Crippen LogP contribution in [0.25, 0.3) is 0 Å². The summed E-state index contributed by atoms with van der Waals surface area (Å²) < 4.78 is 0. The molecule has 2 atom stereocenters. The Morgan fingerprint density at radius 3 is 2.70 bits per heavy atom. The lowest BCUT2D eigenvalue weighted by Gasteiger charge is -2.17. The van der Waals surface area contributed by atoms with Gasteiger partial charge in [-0.1, -0.05) is 23.7 Å². The van der Waals surface area contributed by atoms with E-state index in [-0.39, 0.29) is 11.9 Å². The summed E-state index contributed by atoms with van der Waals surface area (Å²) in [6.07, 6.45) is 0. The number of thioether (sulfide) groups is 1. The predicted octanol–water partition coefficient (Wildman–Crippen LogP) is 2.80. The molecule has 6 heteroatoms. The molecule has 0 saturated carbocycles. The lowest BCUT2D eigenvalue weighted by molar-refractivity contribution is -0.142. The quantitative estimate of drug-likeness (QED) is 0.812. The molecule has 0 aliphatic heterocycles. The van der Waals surface area contributed by atoms with Crippen LogP contribution in [0.5, 0.6) is 0 Å². The maximum atomic E-state index is 11.7. The fourth-order valence-corrected chi connectivity index (χ4v) is 2.52. The number of aliphatic carboxylic acids is 1. The van der Waals surface area contributed by atoms with Crippen LogP contribution in [-0.2, 0) is 15.3 Å². The van der Waals surface area contributed by atoms with Gasteiger partial charge in [0.25, 0.3) is 0 Å². The standard InChI is InChI=1S/C14H18ClNO3S/c1-9(14(18)19)10(2)16-13(17)8-20-7-11-4-3-5-12(15)6-11/h3-6,9-10H,7-8H2,1-2H3,(H,16,17)(H,18,19). The molecule has 0 saturated heterocycles. The highest BCUT2D eigenvalue weighted by molar-refractivity contribution is 7.99. The fourth-order valence-electron chi connectivity index (χ4n) is 1.52. The van der Waals surface area contributed by atoms with Gasteiger partial charge in [0.2, 0.25) is 5.91 Å². The molecule has 0 spiro atoms. The first-order valence-electron chi connectivity index (χ1n) is 6.24. The van der Waals surface area contributed by atoms with Crippen LogP contribution in [0.3, 0.4) is 0 Å². The molecular formula is C14H18ClNO3S. The number of carbonyl (C=O) groups is 2. The lowest BCUT2D eigenvalue weighted by Crippen LogP contribution is -2.40. The second kappa shape index (κ2) is 8.17. The average molecular weight is 316 g/mol. The molecule has 110 valence electrons. The lowest BCUT2D eigenvalue weighted by atomic mass is 10.0. The van der Waals surface area contributed by atoms with E-state index >= 15 is 0 Å². The van der Waals surface area contributed by atoms with Gasteiger partial charge in [0.15, 0.2) is 0 Å². The number of benzene rings is 1. The van der Waals surface area contributed by atoms with Crippen molar-refractivity contribution >= 4 is 35.2 Å². The molecule has 0 radical (unpaired) electrons. The summed E-state index contributed by atoms with van der Waals surface area (Å²) in [7, 11) is 0. The van der Waals surface area contributed by atoms with Gasteiger partial charge in [-0.2, -0.15) is 0 Å². The van der Waals surface area contributed by atoms with Crippen molar-refractivity contribution in [1.29, 1.82) is 0 Å². The van der Waals surface area contributed by atoms with Crippen LogP contribution in [0.1, 0.15) is 19.4 Å². The van der Waals surface area contributed by atoms with Crippen molar-refractivity contribution in [3.8, 4) is 0 Å². The summed E-state index contributed by atoms with van der Waals surface area (Å²) in [5.41, 5.74) is 1.06. The zero-order chi connectivity index (χ0) is 15.1. The number of amides is 1. The van der Waals surface area contributed by atoms with E-state index < -0.39 is 11.9 Å². The third-order valence-electron chi connectivity index (χ3n) is 2.92. The summed E-state index contributed by atoms with van der Waals surface area (Å²) >= 11 is 7.34. The van der Waals surface area contributed by atoms with E-state index in [9.17, 15) is 9.59 Å². The van der Waals surface area contributed by atoms with Crippen LogP contribution in [0, 0.1) is 5.92 Å². The first kappa shape index (κ1) is 16.9. The number of halogens is 1. The second-order valence-corrected chi connectivity index (χ2v) is 6.03. The number of carboxylic acid groups (broad SMARTS) is 1. The topological polar surface area (TPSA) is 66.4 Å². The van der Waals surface area contributed by atoms with Crippen LogP contribution in [-0.4, -0.2) is 28.8 Å². The number of hydrogen-bond donors (Lipinski definition) is 2. The van der Waals surface area contributed by atoms with Gasteiger partial charge >= 0.3 is 5.97 Å². The van der Waals surface area contributed by atoms with E-state index in [1.807, 2.05) is 18.2 Å². The Labute approximate surface area is 127 Å². The van der Waals surface area contributed by atoms with Crippen molar-refractivity contribution in [1.82, 2.24) is 5.32 Å². The van der Waals surface area contributed by atoms with Gasteiger partial charge in [-0.15, -0.1) is 11.8 Å². The van der Waals surface area contributed by atoms with Crippen LogP contribution in [0.4, 0.5) is 0 Å². The SMILES string of the molecule is CC(NC(=O)CSCc1cccc(Cl)c1)C(C)C(=O)O. The third kappa shape index (κ3) is 5.84. The highest BCUT2D eigenvalue weighted by Crippen LogP contribution is 2.16. The van der Waals surface area contributed by atoms with E-state index in [1.165, 1.54) is 11.8 Å². The molecule has 0 aromatic heterocycles. The van der Waals surface area contributed by atoms with E-state index in [0.29, 0.717) is 16.5 Å². The molecule has 1 aromatic carbocycles. The zero-order valence-corrected chi connectivity index (χ0v) is 13.0. The zero-order valence-electron chi connectivity index (χ0n) is 11.4. The van der Waals surface area contributed by atoms with Gasteiger partial charge in [-0.05, 0) is 31.5 Å². The molecule has 1 aromatic rings. The molecule has 2 unspecified atom stereocenters. The van der Waals surface area contributed by atoms with Gasteiger partial charge < -0.3 is 10.4 Å². The number of carbonyl (C=O) groups excluding carboxylic acids is 1. The monoisotopic (exact) mass is 315 g/mol. The van der Waals surface area contributed by atoms with E-state index in [2.05, 4.69) is 5.32 Å². The molecule has 0 aliphatic carbocycles. The first-order chi connectivity index (χ1) is 9.40. The maximum absolute atomic E-state index is 11.7. The minimum absolute atomic E-state index is 0.155. The maximum Gasteiger partial charge on any atom is 0.308 e. The Morgan fingerprint density at radius 2 is 2.10 bits per heavy atom. The summed E-state index contributed by atoms with van der Waals surface area (Å²) in [6, 6.07) is 7.10. The molecule has 0 aliphatic rings. The van der Waals surface area contributed by atoms with E-state index in [1.54, 1.807) is 19.9 Å². The number of hydrogen-bond acceptors (Lipinski definition) is 3. The minimum Gasteiger partial charge on any atom is -0.481 e. The van der Waals surface area contributed by atoms with Gasteiger partial charge in [0.05, 0.1) is 11.7 Å². The van der Waals surface area contributed by atoms with Crippen LogP contribution in [0.15, 0.2) is 24.3 Å². The van der Waals surface area contributed by atoms with Crippen LogP contribution < -0.4 is 5.32 Å².